The molecule has 0 aliphatic carbocycles. The van der Waals surface area contributed by atoms with Crippen molar-refractivity contribution in [3.8, 4) is 0 Å². The molecular formula is C14H9ClN2OS2. The van der Waals surface area contributed by atoms with Gasteiger partial charge in [-0.2, -0.15) is 0 Å². The lowest BCUT2D eigenvalue weighted by Gasteiger charge is -2.02. The topological polar surface area (TPSA) is 42.9 Å². The van der Waals surface area contributed by atoms with Gasteiger partial charge in [0, 0.05) is 16.0 Å². The van der Waals surface area contributed by atoms with Crippen LogP contribution in [0.2, 0.25) is 5.02 Å². The molecule has 0 bridgehead atoms. The van der Waals surface area contributed by atoms with E-state index in [9.17, 15) is 4.79 Å². The Kier molecular flexibility index (Phi) is 4.00. The first-order valence-corrected chi connectivity index (χ1v) is 8.08. The standard InChI is InChI=1S/C14H9ClN2OS2/c15-10-3-1-9(2-4-10)12(18)7-20-14-11-5-6-19-13(11)16-8-17-14/h1-6,8H,7H2. The molecule has 0 unspecified atom stereocenters. The minimum absolute atomic E-state index is 0.0636. The molecule has 6 heteroatoms. The van der Waals surface area contributed by atoms with Crippen molar-refractivity contribution >= 4 is 50.7 Å². The van der Waals surface area contributed by atoms with E-state index in [-0.39, 0.29) is 5.78 Å². The summed E-state index contributed by atoms with van der Waals surface area (Å²) in [6.45, 7) is 0. The second kappa shape index (κ2) is 5.91. The van der Waals surface area contributed by atoms with Gasteiger partial charge in [0.05, 0.1) is 5.75 Å². The van der Waals surface area contributed by atoms with E-state index >= 15 is 0 Å². The zero-order chi connectivity index (χ0) is 13.9. The summed E-state index contributed by atoms with van der Waals surface area (Å²) in [4.78, 5) is 21.5. The van der Waals surface area contributed by atoms with Gasteiger partial charge in [-0.15, -0.1) is 11.3 Å². The number of hydrogen-bond acceptors (Lipinski definition) is 5. The summed E-state index contributed by atoms with van der Waals surface area (Å²) in [7, 11) is 0. The van der Waals surface area contributed by atoms with E-state index in [1.54, 1.807) is 35.6 Å². The summed E-state index contributed by atoms with van der Waals surface area (Å²) in [5, 5.41) is 4.46. The van der Waals surface area contributed by atoms with Gasteiger partial charge in [-0.25, -0.2) is 9.97 Å². The lowest BCUT2D eigenvalue weighted by molar-refractivity contribution is 0.102. The molecule has 0 aliphatic rings. The minimum atomic E-state index is 0.0636. The van der Waals surface area contributed by atoms with Crippen LogP contribution >= 0.6 is 34.7 Å². The van der Waals surface area contributed by atoms with Crippen LogP contribution in [0.15, 0.2) is 47.1 Å². The first-order chi connectivity index (χ1) is 9.74. The predicted molar refractivity (Wildman–Crippen MR) is 83.9 cm³/mol. The molecule has 2 heterocycles. The van der Waals surface area contributed by atoms with Crippen molar-refractivity contribution in [2.75, 3.05) is 5.75 Å². The first kappa shape index (κ1) is 13.5. The van der Waals surface area contributed by atoms with Crippen LogP contribution in [0, 0.1) is 0 Å². The van der Waals surface area contributed by atoms with Gasteiger partial charge in [-0.05, 0) is 35.7 Å². The molecule has 0 radical (unpaired) electrons. The van der Waals surface area contributed by atoms with Crippen LogP contribution < -0.4 is 0 Å². The molecule has 1 aromatic carbocycles. The van der Waals surface area contributed by atoms with Gasteiger partial charge >= 0.3 is 0 Å². The Labute approximate surface area is 129 Å². The van der Waals surface area contributed by atoms with Crippen molar-refractivity contribution < 1.29 is 4.79 Å². The third kappa shape index (κ3) is 2.85. The van der Waals surface area contributed by atoms with Gasteiger partial charge < -0.3 is 0 Å². The smallest absolute Gasteiger partial charge is 0.173 e. The maximum absolute atomic E-state index is 12.1. The van der Waals surface area contributed by atoms with Gasteiger partial charge in [-0.1, -0.05) is 23.4 Å². The summed E-state index contributed by atoms with van der Waals surface area (Å²) < 4.78 is 0. The average Bonchev–Trinajstić information content (AvgIpc) is 2.94. The van der Waals surface area contributed by atoms with Crippen molar-refractivity contribution in [1.29, 1.82) is 0 Å². The van der Waals surface area contributed by atoms with Crippen LogP contribution in [-0.4, -0.2) is 21.5 Å². The SMILES string of the molecule is O=C(CSc1ncnc2sccc12)c1ccc(Cl)cc1. The summed E-state index contributed by atoms with van der Waals surface area (Å²) >= 11 is 8.81. The number of ketones is 1. The van der Waals surface area contributed by atoms with E-state index in [1.165, 1.54) is 18.1 Å². The Morgan fingerprint density at radius 2 is 2.00 bits per heavy atom. The number of carbonyl (C=O) groups excluding carboxylic acids is 1. The van der Waals surface area contributed by atoms with Crippen LogP contribution in [0.4, 0.5) is 0 Å². The fourth-order valence-corrected chi connectivity index (χ4v) is 3.54. The fraction of sp³-hybridized carbons (Fsp3) is 0.0714. The molecule has 100 valence electrons. The lowest BCUT2D eigenvalue weighted by atomic mass is 10.1. The molecule has 0 saturated carbocycles. The number of rotatable bonds is 4. The number of halogens is 1. The third-order valence-corrected chi connectivity index (χ3v) is 4.81. The highest BCUT2D eigenvalue weighted by atomic mass is 35.5. The zero-order valence-electron chi connectivity index (χ0n) is 10.2. The number of thiophene rings is 1. The van der Waals surface area contributed by atoms with Gasteiger partial charge in [0.15, 0.2) is 5.78 Å². The number of aromatic nitrogens is 2. The van der Waals surface area contributed by atoms with Crippen LogP contribution in [0.3, 0.4) is 0 Å². The number of fused-ring (bicyclic) bond motifs is 1. The molecule has 0 aliphatic heterocycles. The number of nitrogens with zero attached hydrogens (tertiary/aromatic N) is 2. The van der Waals surface area contributed by atoms with E-state index in [4.69, 9.17) is 11.6 Å². The number of benzene rings is 1. The predicted octanol–water partition coefficient (Wildman–Crippen LogP) is 4.32. The molecule has 0 spiro atoms. The second-order valence-electron chi connectivity index (χ2n) is 4.04. The molecule has 0 amide bonds. The van der Waals surface area contributed by atoms with Crippen molar-refractivity contribution in [3.05, 3.63) is 52.6 Å². The Morgan fingerprint density at radius 3 is 2.80 bits per heavy atom. The van der Waals surface area contributed by atoms with Gasteiger partial charge in [0.2, 0.25) is 0 Å². The Morgan fingerprint density at radius 1 is 1.20 bits per heavy atom. The molecule has 2 aromatic heterocycles. The molecule has 0 saturated heterocycles. The van der Waals surface area contributed by atoms with Crippen LogP contribution in [-0.2, 0) is 0 Å². The normalized spacial score (nSPS) is 10.8. The Hall–Kier alpha value is -1.43. The van der Waals surface area contributed by atoms with E-state index < -0.39 is 0 Å². The molecule has 3 rings (SSSR count). The quantitative estimate of drug-likeness (QED) is 0.408. The maximum Gasteiger partial charge on any atom is 0.173 e. The summed E-state index contributed by atoms with van der Waals surface area (Å²) in [5.74, 6) is 0.414. The summed E-state index contributed by atoms with van der Waals surface area (Å²) in [6.07, 6.45) is 1.54. The summed E-state index contributed by atoms with van der Waals surface area (Å²) in [5.41, 5.74) is 0.664. The second-order valence-corrected chi connectivity index (χ2v) is 6.33. The first-order valence-electron chi connectivity index (χ1n) is 5.84. The van der Waals surface area contributed by atoms with Crippen molar-refractivity contribution in [1.82, 2.24) is 9.97 Å². The number of carbonyl (C=O) groups is 1. The van der Waals surface area contributed by atoms with Crippen molar-refractivity contribution in [3.63, 3.8) is 0 Å². The van der Waals surface area contributed by atoms with E-state index in [2.05, 4.69) is 9.97 Å². The molecule has 3 nitrogen and oxygen atoms in total. The Bertz CT molecular complexity index is 755. The van der Waals surface area contributed by atoms with Gasteiger partial charge in [0.1, 0.15) is 16.2 Å². The summed E-state index contributed by atoms with van der Waals surface area (Å²) in [6, 6.07) is 8.91. The van der Waals surface area contributed by atoms with Gasteiger partial charge in [-0.3, -0.25) is 4.79 Å². The Balaban J connectivity index is 1.74. The number of hydrogen-bond donors (Lipinski definition) is 0. The van der Waals surface area contributed by atoms with Crippen molar-refractivity contribution in [2.24, 2.45) is 0 Å². The van der Waals surface area contributed by atoms with E-state index in [0.717, 1.165) is 15.2 Å². The average molecular weight is 321 g/mol. The van der Waals surface area contributed by atoms with E-state index in [0.29, 0.717) is 16.3 Å². The van der Waals surface area contributed by atoms with Gasteiger partial charge in [0.25, 0.3) is 0 Å². The lowest BCUT2D eigenvalue weighted by Crippen LogP contribution is -2.02. The van der Waals surface area contributed by atoms with Crippen LogP contribution in [0.25, 0.3) is 10.2 Å². The van der Waals surface area contributed by atoms with E-state index in [1.807, 2.05) is 11.4 Å². The van der Waals surface area contributed by atoms with Crippen molar-refractivity contribution in [2.45, 2.75) is 5.03 Å². The molecule has 20 heavy (non-hydrogen) atoms. The minimum Gasteiger partial charge on any atom is -0.293 e. The zero-order valence-corrected chi connectivity index (χ0v) is 12.6. The van der Waals surface area contributed by atoms with Crippen LogP contribution in [0.1, 0.15) is 10.4 Å². The molecule has 0 atom stereocenters. The molecule has 0 fully saturated rings. The highest BCUT2D eigenvalue weighted by molar-refractivity contribution is 8.00. The monoisotopic (exact) mass is 320 g/mol. The number of thioether (sulfide) groups is 1. The molecule has 0 N–H and O–H groups in total. The number of Topliss-reactive ketones (excluding diaryl/α,β-unsaturated/α-hetero) is 1. The highest BCUT2D eigenvalue weighted by Crippen LogP contribution is 2.28. The molecule has 3 aromatic rings. The third-order valence-electron chi connectivity index (χ3n) is 2.73. The van der Waals surface area contributed by atoms with Crippen LogP contribution in [0.5, 0.6) is 0 Å². The highest BCUT2D eigenvalue weighted by Gasteiger charge is 2.10. The molecular weight excluding hydrogens is 312 g/mol. The maximum atomic E-state index is 12.1. The largest absolute Gasteiger partial charge is 0.293 e. The fourth-order valence-electron chi connectivity index (χ4n) is 1.74.